The zero-order valence-corrected chi connectivity index (χ0v) is 11.4. The first-order valence-corrected chi connectivity index (χ1v) is 6.26. The predicted molar refractivity (Wildman–Crippen MR) is 83.9 cm³/mol. The molecule has 0 spiro atoms. The van der Waals surface area contributed by atoms with Crippen molar-refractivity contribution < 1.29 is 0 Å². The van der Waals surface area contributed by atoms with Crippen LogP contribution in [0.1, 0.15) is 5.56 Å². The first-order chi connectivity index (χ1) is 8.56. The van der Waals surface area contributed by atoms with E-state index in [0.717, 1.165) is 26.1 Å². The van der Waals surface area contributed by atoms with Crippen molar-refractivity contribution in [2.45, 2.75) is 11.8 Å². The molecule has 18 heavy (non-hydrogen) atoms. The zero-order valence-electron chi connectivity index (χ0n) is 10.5. The molecule has 0 radical (unpaired) electrons. The summed E-state index contributed by atoms with van der Waals surface area (Å²) >= 11 is 4.44. The van der Waals surface area contributed by atoms with Crippen molar-refractivity contribution in [3.05, 3.63) is 64.5 Å². The molecule has 0 amide bonds. The second kappa shape index (κ2) is 5.28. The lowest BCUT2D eigenvalue weighted by Crippen LogP contribution is -1.97. The molecule has 1 heteroatoms. The first kappa shape index (κ1) is 12.7. The Bertz CT molecular complexity index is 743. The summed E-state index contributed by atoms with van der Waals surface area (Å²) in [5.41, 5.74) is 1.23. The standard InChI is InChI=1S/C17H16S/c1-12-5-4-6-17(18)14(3)11-16-10-13(2)7-8-15(16)9-12/h4-11,18H,1,3H2,2H3. The Morgan fingerprint density at radius 2 is 1.67 bits per heavy atom. The van der Waals surface area contributed by atoms with Crippen LogP contribution in [0.3, 0.4) is 0 Å². The van der Waals surface area contributed by atoms with E-state index in [4.69, 9.17) is 0 Å². The number of fused-ring (bicyclic) bond motifs is 1. The quantitative estimate of drug-likeness (QED) is 0.683. The largest absolute Gasteiger partial charge is 0.143 e. The van der Waals surface area contributed by atoms with Crippen molar-refractivity contribution in [2.24, 2.45) is 0 Å². The van der Waals surface area contributed by atoms with Crippen LogP contribution in [0.2, 0.25) is 0 Å². The van der Waals surface area contributed by atoms with Crippen molar-refractivity contribution >= 4 is 36.6 Å². The fourth-order valence-corrected chi connectivity index (χ4v) is 1.98. The summed E-state index contributed by atoms with van der Waals surface area (Å²) in [5.74, 6) is 0. The minimum atomic E-state index is 0.869. The van der Waals surface area contributed by atoms with Crippen molar-refractivity contribution in [1.82, 2.24) is 0 Å². The van der Waals surface area contributed by atoms with E-state index < -0.39 is 0 Å². The highest BCUT2D eigenvalue weighted by atomic mass is 32.1. The summed E-state index contributed by atoms with van der Waals surface area (Å²) in [7, 11) is 0. The third kappa shape index (κ3) is 2.93. The number of rotatable bonds is 0. The molecule has 0 aromatic heterocycles. The lowest BCUT2D eigenvalue weighted by Gasteiger charge is -1.97. The van der Waals surface area contributed by atoms with Crippen LogP contribution in [0.15, 0.2) is 53.4 Å². The van der Waals surface area contributed by atoms with Gasteiger partial charge >= 0.3 is 0 Å². The summed E-state index contributed by atoms with van der Waals surface area (Å²) in [6.07, 6.45) is 0. The average Bonchev–Trinajstić information content (AvgIpc) is 2.31. The highest BCUT2D eigenvalue weighted by molar-refractivity contribution is 7.80. The Labute approximate surface area is 113 Å². The van der Waals surface area contributed by atoms with Gasteiger partial charge in [0.25, 0.3) is 0 Å². The molecule has 0 saturated heterocycles. The summed E-state index contributed by atoms with van der Waals surface area (Å²) in [6.45, 7) is 10.2. The average molecular weight is 252 g/mol. The Hall–Kier alpha value is -1.73. The monoisotopic (exact) mass is 252 g/mol. The maximum Gasteiger partial charge on any atom is 0.0107 e. The fourth-order valence-electron chi connectivity index (χ4n) is 1.83. The molecular weight excluding hydrogens is 236 g/mol. The molecule has 0 nitrogen and oxygen atoms in total. The molecule has 0 N–H and O–H groups in total. The van der Waals surface area contributed by atoms with E-state index in [2.05, 4.69) is 63.0 Å². The van der Waals surface area contributed by atoms with E-state index in [-0.39, 0.29) is 0 Å². The molecular formula is C17H16S. The zero-order chi connectivity index (χ0) is 13.1. The molecule has 0 heterocycles. The molecule has 0 saturated carbocycles. The van der Waals surface area contributed by atoms with E-state index in [9.17, 15) is 0 Å². The lowest BCUT2D eigenvalue weighted by molar-refractivity contribution is 1.43. The van der Waals surface area contributed by atoms with Gasteiger partial charge in [0.1, 0.15) is 0 Å². The number of aryl methyl sites for hydroxylation is 1. The van der Waals surface area contributed by atoms with Gasteiger partial charge in [-0.05, 0) is 46.3 Å². The van der Waals surface area contributed by atoms with Gasteiger partial charge in [-0.3, -0.25) is 0 Å². The molecule has 0 atom stereocenters. The molecule has 0 unspecified atom stereocenters. The molecule has 0 aliphatic heterocycles. The molecule has 0 bridgehead atoms. The SMILES string of the molecule is C=c1cccc(S)c(=C)cc2cc(C)ccc2c1. The van der Waals surface area contributed by atoms with E-state index in [1.54, 1.807) is 0 Å². The number of hydrogen-bond acceptors (Lipinski definition) is 1. The van der Waals surface area contributed by atoms with Gasteiger partial charge in [-0.1, -0.05) is 49.1 Å². The van der Waals surface area contributed by atoms with Gasteiger partial charge in [-0.2, -0.15) is 0 Å². The van der Waals surface area contributed by atoms with Crippen molar-refractivity contribution in [1.29, 1.82) is 0 Å². The smallest absolute Gasteiger partial charge is 0.0107 e. The van der Waals surface area contributed by atoms with Crippen LogP contribution in [0.5, 0.6) is 0 Å². The first-order valence-electron chi connectivity index (χ1n) is 5.82. The number of thiol groups is 1. The molecule has 2 aromatic rings. The Morgan fingerprint density at radius 1 is 0.889 bits per heavy atom. The number of hydrogen-bond donors (Lipinski definition) is 1. The van der Waals surface area contributed by atoms with Crippen LogP contribution in [-0.2, 0) is 0 Å². The summed E-state index contributed by atoms with van der Waals surface area (Å²) in [4.78, 5) is 0.869. The highest BCUT2D eigenvalue weighted by Crippen LogP contribution is 2.11. The summed E-state index contributed by atoms with van der Waals surface area (Å²) in [5, 5.41) is 4.19. The van der Waals surface area contributed by atoms with Crippen LogP contribution in [0.25, 0.3) is 23.9 Å². The van der Waals surface area contributed by atoms with Crippen LogP contribution in [0, 0.1) is 6.92 Å². The van der Waals surface area contributed by atoms with Gasteiger partial charge in [0.05, 0.1) is 0 Å². The second-order valence-electron chi connectivity index (χ2n) is 4.43. The van der Waals surface area contributed by atoms with Crippen LogP contribution < -0.4 is 10.4 Å². The minimum Gasteiger partial charge on any atom is -0.143 e. The van der Waals surface area contributed by atoms with Gasteiger partial charge in [0.15, 0.2) is 0 Å². The Kier molecular flexibility index (Phi) is 3.73. The van der Waals surface area contributed by atoms with E-state index >= 15 is 0 Å². The van der Waals surface area contributed by atoms with Crippen molar-refractivity contribution in [3.8, 4) is 0 Å². The van der Waals surface area contributed by atoms with E-state index in [1.165, 1.54) is 5.56 Å². The normalized spacial score (nSPS) is 10.1. The molecule has 0 aliphatic rings. The van der Waals surface area contributed by atoms with Gasteiger partial charge in [0, 0.05) is 4.90 Å². The molecule has 90 valence electrons. The third-order valence-electron chi connectivity index (χ3n) is 2.81. The van der Waals surface area contributed by atoms with Crippen molar-refractivity contribution in [3.63, 3.8) is 0 Å². The van der Waals surface area contributed by atoms with Gasteiger partial charge < -0.3 is 0 Å². The molecule has 2 rings (SSSR count). The van der Waals surface area contributed by atoms with Crippen molar-refractivity contribution in [2.75, 3.05) is 0 Å². The van der Waals surface area contributed by atoms with E-state index in [0.29, 0.717) is 0 Å². The van der Waals surface area contributed by atoms with Gasteiger partial charge in [-0.25, -0.2) is 0 Å². The molecule has 0 aliphatic carbocycles. The maximum atomic E-state index is 4.44. The van der Waals surface area contributed by atoms with E-state index in [1.807, 2.05) is 18.2 Å². The molecule has 2 aromatic carbocycles. The van der Waals surface area contributed by atoms with Crippen LogP contribution in [0.4, 0.5) is 0 Å². The summed E-state index contributed by atoms with van der Waals surface area (Å²) in [6, 6.07) is 16.3. The Morgan fingerprint density at radius 3 is 2.44 bits per heavy atom. The second-order valence-corrected chi connectivity index (χ2v) is 4.91. The number of benzene rings is 1. The topological polar surface area (TPSA) is 0 Å². The maximum absolute atomic E-state index is 4.44. The third-order valence-corrected chi connectivity index (χ3v) is 3.24. The minimum absolute atomic E-state index is 0.869. The molecule has 0 fully saturated rings. The van der Waals surface area contributed by atoms with Crippen LogP contribution in [-0.4, -0.2) is 0 Å². The lowest BCUT2D eigenvalue weighted by atomic mass is 10.1. The summed E-state index contributed by atoms with van der Waals surface area (Å²) < 4.78 is 0. The fraction of sp³-hybridized carbons (Fsp3) is 0.0588. The predicted octanol–water partition coefficient (Wildman–Crippen LogP) is 3.38. The van der Waals surface area contributed by atoms with Gasteiger partial charge in [-0.15, -0.1) is 12.6 Å². The van der Waals surface area contributed by atoms with Crippen LogP contribution >= 0.6 is 12.6 Å². The Balaban J connectivity index is 3.02. The highest BCUT2D eigenvalue weighted by Gasteiger charge is 1.91. The van der Waals surface area contributed by atoms with Gasteiger partial charge in [0.2, 0.25) is 0 Å².